The van der Waals surface area contributed by atoms with Gasteiger partial charge in [0.1, 0.15) is 27.7 Å². The third-order valence-corrected chi connectivity index (χ3v) is 8.87. The summed E-state index contributed by atoms with van der Waals surface area (Å²) in [6.07, 6.45) is 1.69. The molecule has 9 nitrogen and oxygen atoms in total. The number of nitrogens with two attached hydrogens (primary N) is 1. The lowest BCUT2D eigenvalue weighted by Gasteiger charge is -2.19. The molecule has 5 rings (SSSR count). The second-order valence-electron chi connectivity index (χ2n) is 9.42. The molecule has 0 spiro atoms. The van der Waals surface area contributed by atoms with Gasteiger partial charge in [0.2, 0.25) is 5.91 Å². The highest BCUT2D eigenvalue weighted by molar-refractivity contribution is 7.92. The van der Waals surface area contributed by atoms with Crippen LogP contribution in [0, 0.1) is 0 Å². The number of imidazole rings is 1. The Morgan fingerprint density at radius 1 is 1.05 bits per heavy atom. The average Bonchev–Trinajstić information content (AvgIpc) is 3.54. The molecule has 0 fully saturated rings. The molecule has 0 bridgehead atoms. The van der Waals surface area contributed by atoms with Crippen LogP contribution in [0.2, 0.25) is 5.15 Å². The number of H-pyrrole nitrogens is 2. The van der Waals surface area contributed by atoms with Gasteiger partial charge in [0.15, 0.2) is 15.7 Å². The molecule has 1 amide bonds. The number of nitrogens with one attached hydrogen (secondary N) is 3. The smallest absolute Gasteiger partial charge is 0.235 e. The number of sulfone groups is 1. The summed E-state index contributed by atoms with van der Waals surface area (Å²) < 4.78 is 26.7. The van der Waals surface area contributed by atoms with Crippen molar-refractivity contribution in [1.82, 2.24) is 25.5 Å². The number of halogens is 2. The number of hydrogen-bond donors (Lipinski definition) is 4. The Morgan fingerprint density at radius 2 is 1.76 bits per heavy atom. The molecule has 2 aromatic heterocycles. The first-order valence-corrected chi connectivity index (χ1v) is 15.1. The van der Waals surface area contributed by atoms with Gasteiger partial charge >= 0.3 is 0 Å². The first-order chi connectivity index (χ1) is 19.7. The largest absolute Gasteiger partial charge is 0.382 e. The molecular formula is C29H26Cl2N6O3S. The van der Waals surface area contributed by atoms with E-state index < -0.39 is 32.8 Å². The maximum atomic E-state index is 13.3. The van der Waals surface area contributed by atoms with Crippen LogP contribution in [0.3, 0.4) is 0 Å². The fourth-order valence-electron chi connectivity index (χ4n) is 4.63. The molecule has 2 atom stereocenters. The number of anilines is 1. The standard InChI is InChI=1S/C29H26Cl2N6O3S/c30-14-13-24(19-9-5-2-6-10-19)41(39,40)17-25(38)33-23(15-18-7-3-1-4-8-18)29-34-26(27(31)35-29)20-11-12-21-22(16-20)36-37-28(21)32/h1-14,16,23-24H,15,17H2,(H,33,38)(H,34,35)(H3,32,36,37)/t23-,24?/m0/s1. The van der Waals surface area contributed by atoms with Crippen molar-refractivity contribution >= 4 is 55.7 Å². The molecular weight excluding hydrogens is 583 g/mol. The molecule has 5 aromatic rings. The molecule has 2 heterocycles. The predicted molar refractivity (Wildman–Crippen MR) is 162 cm³/mol. The van der Waals surface area contributed by atoms with Crippen molar-refractivity contribution < 1.29 is 13.2 Å². The topological polar surface area (TPSA) is 147 Å². The third kappa shape index (κ3) is 6.45. The molecule has 0 aliphatic rings. The molecule has 3 aromatic carbocycles. The van der Waals surface area contributed by atoms with E-state index >= 15 is 0 Å². The van der Waals surface area contributed by atoms with Crippen LogP contribution in [0.5, 0.6) is 0 Å². The number of amides is 1. The van der Waals surface area contributed by atoms with Crippen LogP contribution in [0.15, 0.2) is 90.5 Å². The average molecular weight is 610 g/mol. The van der Waals surface area contributed by atoms with Crippen LogP contribution in [-0.4, -0.2) is 40.2 Å². The Morgan fingerprint density at radius 3 is 2.46 bits per heavy atom. The number of carbonyl (C=O) groups excluding carboxylic acids is 1. The third-order valence-electron chi connectivity index (χ3n) is 6.59. The van der Waals surface area contributed by atoms with Crippen molar-refractivity contribution in [2.45, 2.75) is 17.7 Å². The van der Waals surface area contributed by atoms with E-state index in [1.54, 1.807) is 30.3 Å². The molecule has 0 saturated carbocycles. The van der Waals surface area contributed by atoms with Crippen LogP contribution in [0.4, 0.5) is 5.82 Å². The summed E-state index contributed by atoms with van der Waals surface area (Å²) >= 11 is 12.3. The Kier molecular flexibility index (Phi) is 8.44. The van der Waals surface area contributed by atoms with Gasteiger partial charge < -0.3 is 16.0 Å². The number of fused-ring (bicyclic) bond motifs is 1. The van der Waals surface area contributed by atoms with Crippen LogP contribution in [-0.2, 0) is 21.1 Å². The van der Waals surface area contributed by atoms with E-state index in [0.717, 1.165) is 22.0 Å². The fraction of sp³-hybridized carbons (Fsp3) is 0.138. The van der Waals surface area contributed by atoms with Gasteiger partial charge in [-0.3, -0.25) is 9.89 Å². The first kappa shape index (κ1) is 28.4. The number of nitrogens with zero attached hydrogens (tertiary/aromatic N) is 2. The Labute approximate surface area is 246 Å². The minimum atomic E-state index is -3.96. The normalized spacial score (nSPS) is 13.4. The number of benzene rings is 3. The Balaban J connectivity index is 1.43. The van der Waals surface area contributed by atoms with Gasteiger partial charge in [-0.25, -0.2) is 13.4 Å². The molecule has 1 unspecified atom stereocenters. The summed E-state index contributed by atoms with van der Waals surface area (Å²) in [6, 6.07) is 22.8. The SMILES string of the molecule is Nc1n[nH]c2cc(-c3nc([C@H](Cc4ccccc4)NC(=O)CS(=O)(=O)C(C=CCl)c4ccccc4)[nH]c3Cl)ccc12. The van der Waals surface area contributed by atoms with Crippen molar-refractivity contribution in [3.63, 3.8) is 0 Å². The molecule has 5 N–H and O–H groups in total. The van der Waals surface area contributed by atoms with Gasteiger partial charge in [-0.1, -0.05) is 96.0 Å². The molecule has 12 heteroatoms. The number of nitrogen functional groups attached to an aromatic ring is 1. The van der Waals surface area contributed by atoms with E-state index in [0.29, 0.717) is 34.9 Å². The Bertz CT molecular complexity index is 1800. The lowest BCUT2D eigenvalue weighted by molar-refractivity contribution is -0.119. The van der Waals surface area contributed by atoms with Crippen LogP contribution >= 0.6 is 23.2 Å². The molecule has 0 radical (unpaired) electrons. The molecule has 0 saturated heterocycles. The lowest BCUT2D eigenvalue weighted by Crippen LogP contribution is -2.36. The molecule has 210 valence electrons. The number of rotatable bonds is 10. The van der Waals surface area contributed by atoms with Crippen molar-refractivity contribution in [2.75, 3.05) is 11.5 Å². The zero-order chi connectivity index (χ0) is 29.0. The number of hydrogen-bond acceptors (Lipinski definition) is 6. The van der Waals surface area contributed by atoms with Gasteiger partial charge in [0, 0.05) is 16.5 Å². The molecule has 0 aliphatic carbocycles. The second-order valence-corrected chi connectivity index (χ2v) is 12.2. The molecule has 41 heavy (non-hydrogen) atoms. The van der Waals surface area contributed by atoms with Gasteiger partial charge in [0.25, 0.3) is 0 Å². The minimum absolute atomic E-state index is 0.267. The maximum absolute atomic E-state index is 13.3. The highest BCUT2D eigenvalue weighted by atomic mass is 35.5. The summed E-state index contributed by atoms with van der Waals surface area (Å²) in [6.45, 7) is 0. The number of aromatic amines is 2. The monoisotopic (exact) mass is 608 g/mol. The quantitative estimate of drug-likeness (QED) is 0.165. The van der Waals surface area contributed by atoms with Crippen LogP contribution < -0.4 is 11.1 Å². The zero-order valence-corrected chi connectivity index (χ0v) is 23.9. The number of aromatic nitrogens is 4. The minimum Gasteiger partial charge on any atom is -0.382 e. The highest BCUT2D eigenvalue weighted by Crippen LogP contribution is 2.31. The van der Waals surface area contributed by atoms with E-state index in [2.05, 4.69) is 20.5 Å². The van der Waals surface area contributed by atoms with Gasteiger partial charge in [-0.15, -0.1) is 0 Å². The summed E-state index contributed by atoms with van der Waals surface area (Å²) in [4.78, 5) is 21.0. The van der Waals surface area contributed by atoms with Gasteiger partial charge in [-0.2, -0.15) is 5.10 Å². The van der Waals surface area contributed by atoms with E-state index in [4.69, 9.17) is 33.9 Å². The summed E-state index contributed by atoms with van der Waals surface area (Å²) in [5.74, 6) is -0.669. The van der Waals surface area contributed by atoms with Gasteiger partial charge in [-0.05, 0) is 29.7 Å². The fourth-order valence-corrected chi connectivity index (χ4v) is 6.63. The first-order valence-electron chi connectivity index (χ1n) is 12.6. The van der Waals surface area contributed by atoms with E-state index in [1.807, 2.05) is 48.5 Å². The Hall–Kier alpha value is -4.12. The highest BCUT2D eigenvalue weighted by Gasteiger charge is 2.30. The van der Waals surface area contributed by atoms with E-state index in [-0.39, 0.29) is 5.15 Å². The zero-order valence-electron chi connectivity index (χ0n) is 21.6. The van der Waals surface area contributed by atoms with E-state index in [9.17, 15) is 13.2 Å². The van der Waals surface area contributed by atoms with Crippen LogP contribution in [0.1, 0.15) is 28.2 Å². The van der Waals surface area contributed by atoms with Gasteiger partial charge in [0.05, 0.1) is 11.6 Å². The summed E-state index contributed by atoms with van der Waals surface area (Å²) in [5.41, 5.74) is 10.4. The summed E-state index contributed by atoms with van der Waals surface area (Å²) in [5, 5.41) is 9.71. The summed E-state index contributed by atoms with van der Waals surface area (Å²) in [7, 11) is -3.96. The van der Waals surface area contributed by atoms with Crippen molar-refractivity contribution in [3.05, 3.63) is 113 Å². The van der Waals surface area contributed by atoms with E-state index in [1.165, 1.54) is 6.08 Å². The van der Waals surface area contributed by atoms with Crippen molar-refractivity contribution in [1.29, 1.82) is 0 Å². The number of carbonyl (C=O) groups is 1. The van der Waals surface area contributed by atoms with Crippen molar-refractivity contribution in [2.24, 2.45) is 0 Å². The second kappa shape index (κ2) is 12.2. The maximum Gasteiger partial charge on any atom is 0.235 e. The predicted octanol–water partition coefficient (Wildman–Crippen LogP) is 5.50. The van der Waals surface area contributed by atoms with Crippen LogP contribution in [0.25, 0.3) is 22.2 Å². The lowest BCUT2D eigenvalue weighted by atomic mass is 10.1. The van der Waals surface area contributed by atoms with Crippen molar-refractivity contribution in [3.8, 4) is 11.3 Å². The molecule has 0 aliphatic heterocycles.